The first kappa shape index (κ1) is 14.1. The lowest BCUT2D eigenvalue weighted by Crippen LogP contribution is -1.92. The van der Waals surface area contributed by atoms with Crippen molar-refractivity contribution < 1.29 is 4.79 Å². The van der Waals surface area contributed by atoms with Crippen molar-refractivity contribution in [3.05, 3.63) is 21.4 Å². The molecule has 1 aliphatic rings. The highest BCUT2D eigenvalue weighted by Gasteiger charge is 2.13. The summed E-state index contributed by atoms with van der Waals surface area (Å²) in [4.78, 5) is 13.4. The molecule has 100 valence electrons. The average molecular weight is 285 g/mol. The highest BCUT2D eigenvalue weighted by molar-refractivity contribution is 7.15. The van der Waals surface area contributed by atoms with Crippen molar-refractivity contribution in [3.63, 3.8) is 0 Å². The van der Waals surface area contributed by atoms with Crippen molar-refractivity contribution in [2.75, 3.05) is 0 Å². The molecule has 18 heavy (non-hydrogen) atoms. The highest BCUT2D eigenvalue weighted by Crippen LogP contribution is 2.28. The number of carbonyl (C=O) groups is 1. The lowest BCUT2D eigenvalue weighted by atomic mass is 10.0. The fourth-order valence-corrected chi connectivity index (χ4v) is 3.90. The van der Waals surface area contributed by atoms with Crippen molar-refractivity contribution in [2.24, 2.45) is 0 Å². The summed E-state index contributed by atoms with van der Waals surface area (Å²) in [7, 11) is 0. The molecule has 1 aromatic heterocycles. The van der Waals surface area contributed by atoms with Gasteiger partial charge in [-0.15, -0.1) is 11.3 Å². The Kier molecular flexibility index (Phi) is 5.71. The monoisotopic (exact) mass is 284 g/mol. The predicted molar refractivity (Wildman–Crippen MR) is 78.8 cm³/mol. The van der Waals surface area contributed by atoms with Gasteiger partial charge in [0.05, 0.1) is 4.88 Å². The molecule has 0 amide bonds. The van der Waals surface area contributed by atoms with Gasteiger partial charge < -0.3 is 0 Å². The van der Waals surface area contributed by atoms with Crippen LogP contribution in [0.25, 0.3) is 0 Å². The van der Waals surface area contributed by atoms with Gasteiger partial charge in [0.15, 0.2) is 0 Å². The Labute approximate surface area is 119 Å². The van der Waals surface area contributed by atoms with E-state index in [2.05, 4.69) is 0 Å². The van der Waals surface area contributed by atoms with E-state index in [-0.39, 0.29) is 5.24 Å². The zero-order chi connectivity index (χ0) is 12.8. The quantitative estimate of drug-likeness (QED) is 0.636. The average Bonchev–Trinajstić information content (AvgIpc) is 2.72. The standard InChI is InChI=1S/C15H21ClOS/c16-15(17)14-11-12-9-7-5-3-1-2-4-6-8-10-13(12)18-14/h11H,1-10H2. The summed E-state index contributed by atoms with van der Waals surface area (Å²) in [6, 6.07) is 2.03. The Morgan fingerprint density at radius 1 is 0.944 bits per heavy atom. The second kappa shape index (κ2) is 7.30. The van der Waals surface area contributed by atoms with Crippen LogP contribution in [0, 0.1) is 0 Å². The number of fused-ring (bicyclic) bond motifs is 1. The zero-order valence-corrected chi connectivity index (χ0v) is 12.4. The van der Waals surface area contributed by atoms with E-state index in [4.69, 9.17) is 11.6 Å². The molecule has 0 atom stereocenters. The number of hydrogen-bond acceptors (Lipinski definition) is 2. The molecule has 0 saturated carbocycles. The Bertz CT molecular complexity index is 368. The molecule has 1 heterocycles. The van der Waals surface area contributed by atoms with Gasteiger partial charge in [0, 0.05) is 4.88 Å². The summed E-state index contributed by atoms with van der Waals surface area (Å²) < 4.78 is 0. The fourth-order valence-electron chi connectivity index (χ4n) is 2.65. The van der Waals surface area contributed by atoms with Crippen molar-refractivity contribution in [1.82, 2.24) is 0 Å². The van der Waals surface area contributed by atoms with Crippen LogP contribution in [0.4, 0.5) is 0 Å². The SMILES string of the molecule is O=C(Cl)c1cc2c(s1)CCCCCCCCCC2. The number of rotatable bonds is 1. The van der Waals surface area contributed by atoms with Gasteiger partial charge in [0.2, 0.25) is 0 Å². The molecule has 1 aromatic rings. The summed E-state index contributed by atoms with van der Waals surface area (Å²) in [5, 5.41) is -0.295. The molecular formula is C15H21ClOS. The van der Waals surface area contributed by atoms with E-state index in [1.165, 1.54) is 61.8 Å². The maximum atomic E-state index is 11.3. The summed E-state index contributed by atoms with van der Waals surface area (Å²) in [6.07, 6.45) is 12.9. The number of thiophene rings is 1. The second-order valence-corrected chi connectivity index (χ2v) is 6.64. The van der Waals surface area contributed by atoms with Crippen molar-refractivity contribution >= 4 is 28.2 Å². The minimum Gasteiger partial charge on any atom is -0.275 e. The van der Waals surface area contributed by atoms with Gasteiger partial charge in [0.25, 0.3) is 5.24 Å². The summed E-state index contributed by atoms with van der Waals surface area (Å²) in [6.45, 7) is 0. The van der Waals surface area contributed by atoms with E-state index in [1.807, 2.05) is 6.07 Å². The normalized spacial score (nSPS) is 18.5. The lowest BCUT2D eigenvalue weighted by Gasteiger charge is -2.07. The topological polar surface area (TPSA) is 17.1 Å². The number of aryl methyl sites for hydroxylation is 2. The Hall–Kier alpha value is -0.340. The molecule has 1 aliphatic carbocycles. The molecule has 0 N–H and O–H groups in total. The summed E-state index contributed by atoms with van der Waals surface area (Å²) in [5.41, 5.74) is 1.38. The van der Waals surface area contributed by atoms with Crippen molar-refractivity contribution in [2.45, 2.75) is 64.2 Å². The van der Waals surface area contributed by atoms with Crippen LogP contribution in [-0.2, 0) is 12.8 Å². The predicted octanol–water partition coefficient (Wildman–Crippen LogP) is 5.35. The van der Waals surface area contributed by atoms with Gasteiger partial charge >= 0.3 is 0 Å². The zero-order valence-electron chi connectivity index (χ0n) is 10.8. The van der Waals surface area contributed by atoms with Gasteiger partial charge in [-0.05, 0) is 48.9 Å². The lowest BCUT2D eigenvalue weighted by molar-refractivity contribution is 0.108. The molecule has 0 saturated heterocycles. The van der Waals surface area contributed by atoms with E-state index in [0.29, 0.717) is 0 Å². The Morgan fingerprint density at radius 3 is 2.11 bits per heavy atom. The van der Waals surface area contributed by atoms with Gasteiger partial charge in [-0.2, -0.15) is 0 Å². The minimum absolute atomic E-state index is 0.295. The van der Waals surface area contributed by atoms with Crippen LogP contribution < -0.4 is 0 Å². The van der Waals surface area contributed by atoms with E-state index in [0.717, 1.165) is 17.7 Å². The third-order valence-electron chi connectivity index (χ3n) is 3.69. The van der Waals surface area contributed by atoms with Gasteiger partial charge in [-0.25, -0.2) is 0 Å². The minimum atomic E-state index is -0.295. The molecule has 0 spiro atoms. The van der Waals surface area contributed by atoms with Gasteiger partial charge in [-0.3, -0.25) is 4.79 Å². The highest BCUT2D eigenvalue weighted by atomic mass is 35.5. The van der Waals surface area contributed by atoms with Crippen molar-refractivity contribution in [1.29, 1.82) is 0 Å². The van der Waals surface area contributed by atoms with Crippen LogP contribution in [0.1, 0.15) is 71.5 Å². The summed E-state index contributed by atoms with van der Waals surface area (Å²) >= 11 is 7.21. The first-order valence-electron chi connectivity index (χ1n) is 7.09. The fraction of sp³-hybridized carbons (Fsp3) is 0.667. The third kappa shape index (κ3) is 4.10. The van der Waals surface area contributed by atoms with Crippen LogP contribution in [-0.4, -0.2) is 5.24 Å². The van der Waals surface area contributed by atoms with Crippen LogP contribution in [0.15, 0.2) is 6.07 Å². The molecule has 0 bridgehead atoms. The third-order valence-corrected chi connectivity index (χ3v) is 5.24. The van der Waals surface area contributed by atoms with Crippen LogP contribution in [0.2, 0.25) is 0 Å². The van der Waals surface area contributed by atoms with Gasteiger partial charge in [-0.1, -0.05) is 38.5 Å². The Morgan fingerprint density at radius 2 is 1.50 bits per heavy atom. The summed E-state index contributed by atoms with van der Waals surface area (Å²) in [5.74, 6) is 0. The van der Waals surface area contributed by atoms with E-state index >= 15 is 0 Å². The number of hydrogen-bond donors (Lipinski definition) is 0. The first-order valence-corrected chi connectivity index (χ1v) is 8.28. The molecule has 0 unspecified atom stereocenters. The second-order valence-electron chi connectivity index (χ2n) is 5.16. The van der Waals surface area contributed by atoms with Crippen molar-refractivity contribution in [3.8, 4) is 0 Å². The number of carbonyl (C=O) groups excluding carboxylic acids is 1. The van der Waals surface area contributed by atoms with E-state index in [1.54, 1.807) is 11.3 Å². The Balaban J connectivity index is 2.07. The molecule has 0 radical (unpaired) electrons. The van der Waals surface area contributed by atoms with Gasteiger partial charge in [0.1, 0.15) is 0 Å². The smallest absolute Gasteiger partial charge is 0.262 e. The van der Waals surface area contributed by atoms with Crippen LogP contribution in [0.3, 0.4) is 0 Å². The molecule has 1 nitrogen and oxygen atoms in total. The maximum Gasteiger partial charge on any atom is 0.262 e. The van der Waals surface area contributed by atoms with E-state index < -0.39 is 0 Å². The molecule has 0 aliphatic heterocycles. The molecule has 0 fully saturated rings. The van der Waals surface area contributed by atoms with Crippen LogP contribution in [0.5, 0.6) is 0 Å². The molecule has 2 rings (SSSR count). The first-order chi connectivity index (χ1) is 8.77. The number of halogens is 1. The molecular weight excluding hydrogens is 264 g/mol. The molecule has 0 aromatic carbocycles. The maximum absolute atomic E-state index is 11.3. The van der Waals surface area contributed by atoms with E-state index in [9.17, 15) is 4.79 Å². The largest absolute Gasteiger partial charge is 0.275 e. The molecule has 3 heteroatoms. The van der Waals surface area contributed by atoms with Crippen LogP contribution >= 0.6 is 22.9 Å².